The fraction of sp³-hybridized carbons (Fsp3) is 0.667. The lowest BCUT2D eigenvalue weighted by Crippen LogP contribution is -2.22. The van der Waals surface area contributed by atoms with Crippen LogP contribution in [-0.2, 0) is 0 Å². The molecule has 0 aliphatic heterocycles. The zero-order valence-corrected chi connectivity index (χ0v) is 10.6. The third-order valence-electron chi connectivity index (χ3n) is 2.73. The second-order valence-electron chi connectivity index (χ2n) is 4.33. The average Bonchev–Trinajstić information content (AvgIpc) is 2.38. The van der Waals surface area contributed by atoms with Gasteiger partial charge in [0.1, 0.15) is 0 Å². The quantitative estimate of drug-likeness (QED) is 0.627. The number of anilines is 1. The Morgan fingerprint density at radius 2 is 2.17 bits per heavy atom. The molecule has 2 rings (SSSR count). The van der Waals surface area contributed by atoms with Gasteiger partial charge >= 0.3 is 0 Å². The summed E-state index contributed by atoms with van der Waals surface area (Å²) in [6.45, 7) is 0.394. The first-order valence-corrected chi connectivity index (χ1v) is 6.38. The van der Waals surface area contributed by atoms with Crippen LogP contribution in [0.2, 0.25) is 0 Å². The highest BCUT2D eigenvalue weighted by Gasteiger charge is 2.06. The number of hydrogen-bond donors (Lipinski definition) is 4. The average molecular weight is 254 g/mol. The van der Waals surface area contributed by atoms with E-state index in [4.69, 9.17) is 10.8 Å². The van der Waals surface area contributed by atoms with Gasteiger partial charge in [0.2, 0.25) is 5.95 Å². The number of aromatic amines is 1. The first-order valence-electron chi connectivity index (χ1n) is 6.38. The molecule has 1 aliphatic rings. The van der Waals surface area contributed by atoms with Crippen LogP contribution >= 0.6 is 0 Å². The van der Waals surface area contributed by atoms with Crippen LogP contribution in [0.5, 0.6) is 0 Å². The van der Waals surface area contributed by atoms with Gasteiger partial charge in [0.05, 0.1) is 6.61 Å². The lowest BCUT2D eigenvalue weighted by Gasteiger charge is -2.15. The van der Waals surface area contributed by atoms with Crippen LogP contribution in [-0.4, -0.2) is 34.3 Å². The number of aromatic nitrogens is 2. The van der Waals surface area contributed by atoms with Gasteiger partial charge in [0.15, 0.2) is 0 Å². The molecule has 0 amide bonds. The number of rotatable bonds is 3. The summed E-state index contributed by atoms with van der Waals surface area (Å²) >= 11 is 0. The Bertz CT molecular complexity index is 374. The van der Waals surface area contributed by atoms with Gasteiger partial charge in [-0.05, 0) is 12.8 Å². The maximum absolute atomic E-state index is 10.7. The normalized spacial score (nSPS) is 15.7. The molecule has 6 heteroatoms. The molecule has 0 unspecified atom stereocenters. The highest BCUT2D eigenvalue weighted by Crippen LogP contribution is 2.14. The van der Waals surface area contributed by atoms with E-state index in [1.54, 1.807) is 0 Å². The molecule has 1 fully saturated rings. The zero-order valence-electron chi connectivity index (χ0n) is 10.6. The minimum Gasteiger partial charge on any atom is -0.395 e. The van der Waals surface area contributed by atoms with E-state index < -0.39 is 0 Å². The Morgan fingerprint density at radius 1 is 1.44 bits per heavy atom. The Hall–Kier alpha value is -1.40. The Morgan fingerprint density at radius 3 is 2.67 bits per heavy atom. The van der Waals surface area contributed by atoms with Gasteiger partial charge in [-0.15, -0.1) is 0 Å². The van der Waals surface area contributed by atoms with Crippen molar-refractivity contribution in [3.8, 4) is 0 Å². The number of aliphatic hydroxyl groups excluding tert-OH is 1. The minimum atomic E-state index is -0.208. The van der Waals surface area contributed by atoms with Gasteiger partial charge < -0.3 is 16.2 Å². The highest BCUT2D eigenvalue weighted by atomic mass is 16.3. The number of H-pyrrole nitrogens is 1. The van der Waals surface area contributed by atoms with Crippen LogP contribution in [0.4, 0.5) is 5.95 Å². The summed E-state index contributed by atoms with van der Waals surface area (Å²) in [5.41, 5.74) is 5.43. The molecular formula is C12H22N4O2. The molecule has 6 nitrogen and oxygen atoms in total. The molecule has 0 saturated heterocycles. The molecule has 0 atom stereocenters. The maximum atomic E-state index is 10.7. The highest BCUT2D eigenvalue weighted by molar-refractivity contribution is 5.21. The van der Waals surface area contributed by atoms with Crippen LogP contribution in [0, 0.1) is 0 Å². The van der Waals surface area contributed by atoms with Crippen molar-refractivity contribution in [2.75, 3.05) is 18.5 Å². The van der Waals surface area contributed by atoms with Crippen LogP contribution in [0.15, 0.2) is 17.1 Å². The number of hydrogen-bond acceptors (Lipinski definition) is 5. The van der Waals surface area contributed by atoms with Gasteiger partial charge in [-0.25, -0.2) is 4.98 Å². The molecule has 0 spiro atoms. The molecule has 1 heterocycles. The fourth-order valence-corrected chi connectivity index (χ4v) is 1.77. The van der Waals surface area contributed by atoms with Gasteiger partial charge in [-0.2, -0.15) is 0 Å². The van der Waals surface area contributed by atoms with E-state index in [0.29, 0.717) is 18.5 Å². The molecule has 0 aromatic carbocycles. The molecule has 1 saturated carbocycles. The van der Waals surface area contributed by atoms with Crippen molar-refractivity contribution in [2.24, 2.45) is 5.73 Å². The second kappa shape index (κ2) is 8.66. The van der Waals surface area contributed by atoms with E-state index in [1.165, 1.54) is 44.4 Å². The van der Waals surface area contributed by atoms with Gasteiger partial charge in [0, 0.05) is 24.8 Å². The summed E-state index contributed by atoms with van der Waals surface area (Å²) < 4.78 is 0. The van der Waals surface area contributed by atoms with E-state index in [1.807, 2.05) is 0 Å². The van der Waals surface area contributed by atoms with Crippen LogP contribution in [0.25, 0.3) is 0 Å². The Kier molecular flexibility index (Phi) is 7.05. The Balaban J connectivity index is 0.000000199. The molecule has 5 N–H and O–H groups in total. The lowest BCUT2D eigenvalue weighted by atomic mass is 9.97. The SMILES string of the molecule is NC1CCCCC1.O=c1ccnc(NCCO)[nH]1. The van der Waals surface area contributed by atoms with Crippen molar-refractivity contribution in [1.82, 2.24) is 9.97 Å². The molecule has 1 aliphatic carbocycles. The van der Waals surface area contributed by atoms with Crippen LogP contribution in [0.3, 0.4) is 0 Å². The summed E-state index contributed by atoms with van der Waals surface area (Å²) in [5, 5.41) is 11.1. The second-order valence-corrected chi connectivity index (χ2v) is 4.33. The summed E-state index contributed by atoms with van der Waals surface area (Å²) in [4.78, 5) is 16.9. The van der Waals surface area contributed by atoms with Crippen LogP contribution < -0.4 is 16.6 Å². The van der Waals surface area contributed by atoms with Crippen molar-refractivity contribution in [1.29, 1.82) is 0 Å². The summed E-state index contributed by atoms with van der Waals surface area (Å²) in [6.07, 6.45) is 8.06. The number of nitrogens with zero attached hydrogens (tertiary/aromatic N) is 1. The summed E-state index contributed by atoms with van der Waals surface area (Å²) in [5.74, 6) is 0.381. The van der Waals surface area contributed by atoms with Crippen molar-refractivity contribution >= 4 is 5.95 Å². The first kappa shape index (κ1) is 14.7. The predicted molar refractivity (Wildman–Crippen MR) is 71.5 cm³/mol. The molecule has 18 heavy (non-hydrogen) atoms. The molecular weight excluding hydrogens is 232 g/mol. The Labute approximate surface area is 107 Å². The fourth-order valence-electron chi connectivity index (χ4n) is 1.77. The smallest absolute Gasteiger partial charge is 0.252 e. The van der Waals surface area contributed by atoms with Gasteiger partial charge in [-0.3, -0.25) is 9.78 Å². The maximum Gasteiger partial charge on any atom is 0.252 e. The lowest BCUT2D eigenvalue weighted by molar-refractivity contribution is 0.311. The number of nitrogens with one attached hydrogen (secondary N) is 2. The summed E-state index contributed by atoms with van der Waals surface area (Å²) in [7, 11) is 0. The van der Waals surface area contributed by atoms with E-state index in [-0.39, 0.29) is 12.2 Å². The molecule has 0 radical (unpaired) electrons. The van der Waals surface area contributed by atoms with Gasteiger partial charge in [-0.1, -0.05) is 19.3 Å². The number of nitrogens with two attached hydrogens (primary N) is 1. The van der Waals surface area contributed by atoms with E-state index >= 15 is 0 Å². The molecule has 1 aromatic rings. The standard InChI is InChI=1S/C6H9N3O2.C6H13N/c10-4-3-8-6-7-2-1-5(11)9-6;7-6-4-2-1-3-5-6/h1-2,10H,3-4H2,(H2,7,8,9,11);6H,1-5,7H2. The minimum absolute atomic E-state index is 0.0125. The predicted octanol–water partition coefficient (Wildman–Crippen LogP) is 0.452. The first-order chi connectivity index (χ1) is 8.72. The molecule has 0 bridgehead atoms. The third-order valence-corrected chi connectivity index (χ3v) is 2.73. The van der Waals surface area contributed by atoms with Crippen molar-refractivity contribution in [3.05, 3.63) is 22.6 Å². The van der Waals surface area contributed by atoms with Crippen molar-refractivity contribution < 1.29 is 5.11 Å². The number of aliphatic hydroxyl groups is 1. The van der Waals surface area contributed by atoms with E-state index in [0.717, 1.165) is 0 Å². The summed E-state index contributed by atoms with van der Waals surface area (Å²) in [6, 6.07) is 1.86. The monoisotopic (exact) mass is 254 g/mol. The zero-order chi connectivity index (χ0) is 13.2. The largest absolute Gasteiger partial charge is 0.395 e. The van der Waals surface area contributed by atoms with Gasteiger partial charge in [0.25, 0.3) is 5.56 Å². The third kappa shape index (κ3) is 6.36. The molecule has 102 valence electrons. The molecule has 1 aromatic heterocycles. The van der Waals surface area contributed by atoms with Crippen LogP contribution in [0.1, 0.15) is 32.1 Å². The van der Waals surface area contributed by atoms with Crippen molar-refractivity contribution in [2.45, 2.75) is 38.1 Å². The topological polar surface area (TPSA) is 104 Å². The van der Waals surface area contributed by atoms with E-state index in [2.05, 4.69) is 15.3 Å². The van der Waals surface area contributed by atoms with Crippen molar-refractivity contribution in [3.63, 3.8) is 0 Å². The van der Waals surface area contributed by atoms with E-state index in [9.17, 15) is 4.79 Å².